The maximum absolute atomic E-state index is 13.2. The molecular formula is C18H19FN6O. The molecule has 0 aliphatic rings. The summed E-state index contributed by atoms with van der Waals surface area (Å²) in [5, 5.41) is 19.0. The minimum atomic E-state index is -0.296. The number of halogens is 1. The third kappa shape index (κ3) is 2.92. The van der Waals surface area contributed by atoms with Gasteiger partial charge in [0.2, 0.25) is 0 Å². The van der Waals surface area contributed by atoms with Gasteiger partial charge in [0.1, 0.15) is 11.6 Å². The molecule has 8 heteroatoms. The van der Waals surface area contributed by atoms with E-state index in [1.165, 1.54) is 12.1 Å². The van der Waals surface area contributed by atoms with Crippen molar-refractivity contribution in [3.05, 3.63) is 42.1 Å². The van der Waals surface area contributed by atoms with Gasteiger partial charge in [-0.1, -0.05) is 13.3 Å². The maximum Gasteiger partial charge on any atom is 0.186 e. The van der Waals surface area contributed by atoms with Gasteiger partial charge in [-0.3, -0.25) is 4.68 Å². The summed E-state index contributed by atoms with van der Waals surface area (Å²) >= 11 is 0. The number of unbranched alkanes of at least 4 members (excludes halogenated alkanes) is 1. The first-order valence-electron chi connectivity index (χ1n) is 8.69. The average Bonchev–Trinajstić information content (AvgIpc) is 3.24. The average molecular weight is 354 g/mol. The number of fused-ring (bicyclic) bond motifs is 3. The van der Waals surface area contributed by atoms with E-state index in [9.17, 15) is 4.39 Å². The van der Waals surface area contributed by atoms with Gasteiger partial charge in [-0.2, -0.15) is 9.61 Å². The number of hydrogen-bond donors (Lipinski definition) is 1. The van der Waals surface area contributed by atoms with Crippen molar-refractivity contribution in [2.75, 3.05) is 6.61 Å². The van der Waals surface area contributed by atoms with Gasteiger partial charge >= 0.3 is 0 Å². The quantitative estimate of drug-likeness (QED) is 0.576. The molecule has 1 N–H and O–H groups in total. The molecule has 7 nitrogen and oxygen atoms in total. The molecule has 0 unspecified atom stereocenters. The molecule has 0 saturated carbocycles. The lowest BCUT2D eigenvalue weighted by Crippen LogP contribution is -2.04. The molecule has 3 heterocycles. The van der Waals surface area contributed by atoms with E-state index in [1.54, 1.807) is 21.3 Å². The van der Waals surface area contributed by atoms with Gasteiger partial charge in [0, 0.05) is 18.2 Å². The fraction of sp³-hybridized carbons (Fsp3) is 0.333. The molecule has 3 aromatic heterocycles. The molecule has 0 aliphatic heterocycles. The molecule has 0 aliphatic carbocycles. The van der Waals surface area contributed by atoms with Crippen LogP contribution in [0.15, 0.2) is 30.5 Å². The van der Waals surface area contributed by atoms with E-state index in [0.29, 0.717) is 23.7 Å². The maximum atomic E-state index is 13.2. The van der Waals surface area contributed by atoms with Crippen LogP contribution in [-0.4, -0.2) is 41.1 Å². The Labute approximate surface area is 149 Å². The predicted molar refractivity (Wildman–Crippen MR) is 95.2 cm³/mol. The normalized spacial score (nSPS) is 11.7. The number of hydrogen-bond acceptors (Lipinski definition) is 5. The summed E-state index contributed by atoms with van der Waals surface area (Å²) in [6.45, 7) is 2.52. The number of rotatable bonds is 6. The molecule has 0 fully saturated rings. The van der Waals surface area contributed by atoms with Crippen molar-refractivity contribution in [3.8, 4) is 11.4 Å². The molecule has 1 aromatic carbocycles. The zero-order valence-electron chi connectivity index (χ0n) is 14.4. The van der Waals surface area contributed by atoms with E-state index < -0.39 is 0 Å². The predicted octanol–water partition coefficient (Wildman–Crippen LogP) is 2.62. The van der Waals surface area contributed by atoms with E-state index in [-0.39, 0.29) is 12.4 Å². The second-order valence-corrected chi connectivity index (χ2v) is 6.16. The van der Waals surface area contributed by atoms with Crippen molar-refractivity contribution >= 4 is 16.7 Å². The van der Waals surface area contributed by atoms with E-state index in [4.69, 9.17) is 5.11 Å². The Morgan fingerprint density at radius 1 is 1.12 bits per heavy atom. The number of aliphatic hydroxyl groups is 1. The van der Waals surface area contributed by atoms with Gasteiger partial charge in [-0.15, -0.1) is 5.10 Å². The van der Waals surface area contributed by atoms with Crippen LogP contribution in [0.5, 0.6) is 0 Å². The third-order valence-electron chi connectivity index (χ3n) is 4.26. The molecule has 134 valence electrons. The van der Waals surface area contributed by atoms with Crippen LogP contribution < -0.4 is 0 Å². The Bertz CT molecular complexity index is 1050. The lowest BCUT2D eigenvalue weighted by atomic mass is 10.2. The first-order valence-corrected chi connectivity index (χ1v) is 8.69. The van der Waals surface area contributed by atoms with Crippen molar-refractivity contribution < 1.29 is 9.50 Å². The largest absolute Gasteiger partial charge is 0.394 e. The third-order valence-corrected chi connectivity index (χ3v) is 4.26. The van der Waals surface area contributed by atoms with Crippen LogP contribution in [0.4, 0.5) is 4.39 Å². The minimum absolute atomic E-state index is 0.000482. The Kier molecular flexibility index (Phi) is 4.34. The molecule has 0 amide bonds. The van der Waals surface area contributed by atoms with Crippen LogP contribution in [0, 0.1) is 5.82 Å². The molecule has 4 aromatic rings. The van der Waals surface area contributed by atoms with E-state index in [0.717, 1.165) is 36.0 Å². The van der Waals surface area contributed by atoms with Gasteiger partial charge in [-0.05, 0) is 30.7 Å². The summed E-state index contributed by atoms with van der Waals surface area (Å²) in [6, 6.07) is 6.11. The number of aromatic nitrogens is 6. The number of benzene rings is 1. The molecular weight excluding hydrogens is 335 g/mol. The standard InChI is InChI=1S/C18H19FN6O/c1-2-3-4-15-20-17-14(11-24(22-17)9-10-26)18-21-16(23-25(15)18)12-5-7-13(19)8-6-12/h5-8,11,26H,2-4,9-10H2,1H3. The van der Waals surface area contributed by atoms with E-state index in [1.807, 2.05) is 6.20 Å². The van der Waals surface area contributed by atoms with Crippen molar-refractivity contribution in [2.45, 2.75) is 32.7 Å². The highest BCUT2D eigenvalue weighted by atomic mass is 19.1. The van der Waals surface area contributed by atoms with Crippen LogP contribution in [-0.2, 0) is 13.0 Å². The van der Waals surface area contributed by atoms with Crippen molar-refractivity contribution in [1.82, 2.24) is 29.4 Å². The van der Waals surface area contributed by atoms with Gasteiger partial charge < -0.3 is 5.11 Å². The SMILES string of the molecule is CCCCc1nc2nn(CCO)cc2c2nc(-c3ccc(F)cc3)nn12. The molecule has 0 radical (unpaired) electrons. The van der Waals surface area contributed by atoms with Crippen LogP contribution in [0.25, 0.3) is 28.1 Å². The minimum Gasteiger partial charge on any atom is -0.394 e. The zero-order valence-corrected chi connectivity index (χ0v) is 14.4. The molecule has 0 spiro atoms. The lowest BCUT2D eigenvalue weighted by Gasteiger charge is -2.02. The number of aliphatic hydroxyl groups excluding tert-OH is 1. The van der Waals surface area contributed by atoms with E-state index >= 15 is 0 Å². The highest BCUT2D eigenvalue weighted by Crippen LogP contribution is 2.23. The monoisotopic (exact) mass is 354 g/mol. The van der Waals surface area contributed by atoms with Crippen LogP contribution in [0.2, 0.25) is 0 Å². The smallest absolute Gasteiger partial charge is 0.186 e. The molecule has 4 rings (SSSR count). The van der Waals surface area contributed by atoms with Crippen LogP contribution >= 0.6 is 0 Å². The first-order chi connectivity index (χ1) is 12.7. The Balaban J connectivity index is 1.91. The fourth-order valence-corrected chi connectivity index (χ4v) is 2.92. The summed E-state index contributed by atoms with van der Waals surface area (Å²) in [7, 11) is 0. The molecule has 26 heavy (non-hydrogen) atoms. The summed E-state index contributed by atoms with van der Waals surface area (Å²) in [5.74, 6) is 1.02. The topological polar surface area (TPSA) is 81.1 Å². The molecule has 0 bridgehead atoms. The second-order valence-electron chi connectivity index (χ2n) is 6.16. The van der Waals surface area contributed by atoms with Gasteiger partial charge in [-0.25, -0.2) is 14.4 Å². The summed E-state index contributed by atoms with van der Waals surface area (Å²) in [4.78, 5) is 9.31. The lowest BCUT2D eigenvalue weighted by molar-refractivity contribution is 0.270. The van der Waals surface area contributed by atoms with Crippen molar-refractivity contribution in [3.63, 3.8) is 0 Å². The Morgan fingerprint density at radius 2 is 1.92 bits per heavy atom. The fourth-order valence-electron chi connectivity index (χ4n) is 2.92. The second kappa shape index (κ2) is 6.80. The highest BCUT2D eigenvalue weighted by molar-refractivity contribution is 5.89. The van der Waals surface area contributed by atoms with Crippen LogP contribution in [0.1, 0.15) is 25.6 Å². The first kappa shape index (κ1) is 16.6. The molecule has 0 saturated heterocycles. The van der Waals surface area contributed by atoms with Crippen LogP contribution in [0.3, 0.4) is 0 Å². The number of aryl methyl sites for hydroxylation is 1. The summed E-state index contributed by atoms with van der Waals surface area (Å²) < 4.78 is 16.6. The summed E-state index contributed by atoms with van der Waals surface area (Å²) in [5.41, 5.74) is 2.01. The molecule has 0 atom stereocenters. The van der Waals surface area contributed by atoms with Gasteiger partial charge in [0.25, 0.3) is 0 Å². The van der Waals surface area contributed by atoms with Gasteiger partial charge in [0.05, 0.1) is 18.5 Å². The highest BCUT2D eigenvalue weighted by Gasteiger charge is 2.16. The van der Waals surface area contributed by atoms with E-state index in [2.05, 4.69) is 27.1 Å². The zero-order chi connectivity index (χ0) is 18.1. The van der Waals surface area contributed by atoms with Crippen molar-refractivity contribution in [2.24, 2.45) is 0 Å². The number of nitrogens with zero attached hydrogens (tertiary/aromatic N) is 6. The van der Waals surface area contributed by atoms with Crippen molar-refractivity contribution in [1.29, 1.82) is 0 Å². The Morgan fingerprint density at radius 3 is 2.65 bits per heavy atom. The Hall–Kier alpha value is -2.87. The van der Waals surface area contributed by atoms with Gasteiger partial charge in [0.15, 0.2) is 17.1 Å². The summed E-state index contributed by atoms with van der Waals surface area (Å²) in [6.07, 6.45) is 4.61.